The highest BCUT2D eigenvalue weighted by Gasteiger charge is 2.01. The lowest BCUT2D eigenvalue weighted by molar-refractivity contribution is 0.627. The number of anilines is 1. The molecule has 0 fully saturated rings. The lowest BCUT2D eigenvalue weighted by Crippen LogP contribution is -2.08. The zero-order valence-electron chi connectivity index (χ0n) is 9.42. The largest absolute Gasteiger partial charge is 0.363 e. The average Bonchev–Trinajstić information content (AvgIpc) is 2.83. The lowest BCUT2D eigenvalue weighted by atomic mass is 10.4. The van der Waals surface area contributed by atoms with Gasteiger partial charge in [0, 0.05) is 32.1 Å². The van der Waals surface area contributed by atoms with Crippen LogP contribution in [0.2, 0.25) is 0 Å². The molecule has 1 N–H and O–H groups in total. The van der Waals surface area contributed by atoms with Gasteiger partial charge in [0.05, 0.1) is 12.2 Å². The number of hydrogen-bond acceptors (Lipinski definition) is 3. The van der Waals surface area contributed by atoms with E-state index < -0.39 is 0 Å². The fourth-order valence-corrected chi connectivity index (χ4v) is 1.49. The molecule has 0 amide bonds. The standard InChI is InChI=1S/C10H15N5.ClH/c1-3-15-9(4-6-12-15)8-11-10-5-7-14(2)13-10;/h4-7H,3,8H2,1-2H3,(H,11,13);1H. The van der Waals surface area contributed by atoms with Crippen LogP contribution in [0, 0.1) is 0 Å². The van der Waals surface area contributed by atoms with Crippen LogP contribution in [0.25, 0.3) is 0 Å². The van der Waals surface area contributed by atoms with Crippen LogP contribution in [0.5, 0.6) is 0 Å². The first-order chi connectivity index (χ1) is 7.29. The molecule has 2 rings (SSSR count). The Labute approximate surface area is 101 Å². The summed E-state index contributed by atoms with van der Waals surface area (Å²) >= 11 is 0. The maximum atomic E-state index is 4.24. The van der Waals surface area contributed by atoms with Crippen molar-refractivity contribution in [3.05, 3.63) is 30.2 Å². The quantitative estimate of drug-likeness (QED) is 0.886. The molecule has 0 saturated heterocycles. The van der Waals surface area contributed by atoms with Gasteiger partial charge in [-0.2, -0.15) is 10.2 Å². The minimum absolute atomic E-state index is 0. The molecule has 16 heavy (non-hydrogen) atoms. The Morgan fingerprint density at radius 2 is 2.19 bits per heavy atom. The second-order valence-electron chi connectivity index (χ2n) is 3.37. The van der Waals surface area contributed by atoms with Gasteiger partial charge in [-0.1, -0.05) is 0 Å². The van der Waals surface area contributed by atoms with Gasteiger partial charge < -0.3 is 5.32 Å². The second-order valence-corrected chi connectivity index (χ2v) is 3.37. The smallest absolute Gasteiger partial charge is 0.148 e. The van der Waals surface area contributed by atoms with Crippen molar-refractivity contribution in [1.82, 2.24) is 19.6 Å². The summed E-state index contributed by atoms with van der Waals surface area (Å²) in [6.45, 7) is 3.73. The van der Waals surface area contributed by atoms with E-state index in [4.69, 9.17) is 0 Å². The maximum absolute atomic E-state index is 4.24. The predicted octanol–water partition coefficient (Wildman–Crippen LogP) is 1.67. The summed E-state index contributed by atoms with van der Waals surface area (Å²) in [6.07, 6.45) is 3.73. The Balaban J connectivity index is 0.00000128. The number of hydrogen-bond donors (Lipinski definition) is 1. The van der Waals surface area contributed by atoms with Gasteiger partial charge in [0.25, 0.3) is 0 Å². The SMILES string of the molecule is CCn1nccc1CNc1ccn(C)n1.Cl. The van der Waals surface area contributed by atoms with Gasteiger partial charge in [0.1, 0.15) is 5.82 Å². The minimum Gasteiger partial charge on any atom is -0.363 e. The van der Waals surface area contributed by atoms with Gasteiger partial charge in [-0.05, 0) is 13.0 Å². The van der Waals surface area contributed by atoms with E-state index in [1.165, 1.54) is 5.69 Å². The topological polar surface area (TPSA) is 47.7 Å². The zero-order valence-corrected chi connectivity index (χ0v) is 10.2. The van der Waals surface area contributed by atoms with Crippen molar-refractivity contribution in [1.29, 1.82) is 0 Å². The van der Waals surface area contributed by atoms with Crippen molar-refractivity contribution >= 4 is 18.2 Å². The third-order valence-electron chi connectivity index (χ3n) is 2.27. The van der Waals surface area contributed by atoms with E-state index in [1.54, 1.807) is 4.68 Å². The van der Waals surface area contributed by atoms with Gasteiger partial charge in [0.2, 0.25) is 0 Å². The summed E-state index contributed by atoms with van der Waals surface area (Å²) in [4.78, 5) is 0. The lowest BCUT2D eigenvalue weighted by Gasteiger charge is -2.05. The minimum atomic E-state index is 0. The molecule has 0 aliphatic rings. The summed E-state index contributed by atoms with van der Waals surface area (Å²) in [7, 11) is 1.90. The van der Waals surface area contributed by atoms with Gasteiger partial charge in [-0.25, -0.2) is 0 Å². The summed E-state index contributed by atoms with van der Waals surface area (Å²) in [6, 6.07) is 3.96. The van der Waals surface area contributed by atoms with E-state index in [1.807, 2.05) is 36.3 Å². The number of halogens is 1. The average molecular weight is 242 g/mol. The van der Waals surface area contributed by atoms with Gasteiger partial charge >= 0.3 is 0 Å². The molecular formula is C10H16ClN5. The summed E-state index contributed by atoms with van der Waals surface area (Å²) in [5, 5.41) is 11.7. The Morgan fingerprint density at radius 3 is 2.81 bits per heavy atom. The van der Waals surface area contributed by atoms with E-state index in [2.05, 4.69) is 22.4 Å². The predicted molar refractivity (Wildman–Crippen MR) is 65.7 cm³/mol. The molecule has 0 bridgehead atoms. The summed E-state index contributed by atoms with van der Waals surface area (Å²) in [5.74, 6) is 0.890. The van der Waals surface area contributed by atoms with E-state index in [0.717, 1.165) is 18.9 Å². The summed E-state index contributed by atoms with van der Waals surface area (Å²) < 4.78 is 3.75. The van der Waals surface area contributed by atoms with E-state index >= 15 is 0 Å². The molecule has 2 aromatic rings. The first-order valence-electron chi connectivity index (χ1n) is 5.04. The van der Waals surface area contributed by atoms with Crippen LogP contribution in [-0.2, 0) is 20.1 Å². The molecule has 5 nitrogen and oxygen atoms in total. The fourth-order valence-electron chi connectivity index (χ4n) is 1.49. The molecular weight excluding hydrogens is 226 g/mol. The molecule has 0 aliphatic carbocycles. The Morgan fingerprint density at radius 1 is 1.38 bits per heavy atom. The Kier molecular flexibility index (Phi) is 4.37. The molecule has 0 aliphatic heterocycles. The van der Waals surface area contributed by atoms with Gasteiger partial charge in [0.15, 0.2) is 0 Å². The van der Waals surface area contributed by atoms with E-state index in [9.17, 15) is 0 Å². The molecule has 0 atom stereocenters. The van der Waals surface area contributed by atoms with Crippen molar-refractivity contribution in [3.63, 3.8) is 0 Å². The zero-order chi connectivity index (χ0) is 10.7. The number of aryl methyl sites for hydroxylation is 2. The van der Waals surface area contributed by atoms with Gasteiger partial charge in [-0.15, -0.1) is 12.4 Å². The van der Waals surface area contributed by atoms with Crippen LogP contribution < -0.4 is 5.32 Å². The third-order valence-corrected chi connectivity index (χ3v) is 2.27. The normalized spacial score (nSPS) is 9.88. The monoisotopic (exact) mass is 241 g/mol. The van der Waals surface area contributed by atoms with E-state index in [-0.39, 0.29) is 12.4 Å². The molecule has 6 heteroatoms. The van der Waals surface area contributed by atoms with Crippen molar-refractivity contribution in [2.45, 2.75) is 20.0 Å². The van der Waals surface area contributed by atoms with Crippen molar-refractivity contribution in [3.8, 4) is 0 Å². The van der Waals surface area contributed by atoms with Crippen LogP contribution >= 0.6 is 12.4 Å². The van der Waals surface area contributed by atoms with Crippen molar-refractivity contribution in [2.24, 2.45) is 7.05 Å². The van der Waals surface area contributed by atoms with Gasteiger partial charge in [-0.3, -0.25) is 9.36 Å². The highest BCUT2D eigenvalue weighted by molar-refractivity contribution is 5.85. The van der Waals surface area contributed by atoms with Crippen LogP contribution in [0.3, 0.4) is 0 Å². The first-order valence-corrected chi connectivity index (χ1v) is 5.04. The number of rotatable bonds is 4. The Hall–Kier alpha value is -1.49. The molecule has 2 aromatic heterocycles. The fraction of sp³-hybridized carbons (Fsp3) is 0.400. The number of aromatic nitrogens is 4. The van der Waals surface area contributed by atoms with Crippen molar-refractivity contribution in [2.75, 3.05) is 5.32 Å². The maximum Gasteiger partial charge on any atom is 0.148 e. The highest BCUT2D eigenvalue weighted by atomic mass is 35.5. The van der Waals surface area contributed by atoms with Crippen LogP contribution in [0.1, 0.15) is 12.6 Å². The molecule has 0 aromatic carbocycles. The second kappa shape index (κ2) is 5.55. The summed E-state index contributed by atoms with van der Waals surface area (Å²) in [5.41, 5.74) is 1.17. The number of nitrogens with zero attached hydrogens (tertiary/aromatic N) is 4. The molecule has 0 saturated carbocycles. The van der Waals surface area contributed by atoms with Crippen LogP contribution in [-0.4, -0.2) is 19.6 Å². The molecule has 0 radical (unpaired) electrons. The molecule has 0 unspecified atom stereocenters. The van der Waals surface area contributed by atoms with E-state index in [0.29, 0.717) is 0 Å². The number of nitrogens with one attached hydrogen (secondary N) is 1. The highest BCUT2D eigenvalue weighted by Crippen LogP contribution is 2.05. The van der Waals surface area contributed by atoms with Crippen LogP contribution in [0.4, 0.5) is 5.82 Å². The molecule has 2 heterocycles. The first kappa shape index (κ1) is 12.6. The van der Waals surface area contributed by atoms with Crippen molar-refractivity contribution < 1.29 is 0 Å². The third kappa shape index (κ3) is 2.76. The molecule has 0 spiro atoms. The molecule has 88 valence electrons. The van der Waals surface area contributed by atoms with Crippen LogP contribution in [0.15, 0.2) is 24.5 Å². The Bertz CT molecular complexity index is 434.